The molecule has 0 spiro atoms. The normalized spacial score (nSPS) is 12.7. The van der Waals surface area contributed by atoms with Gasteiger partial charge in [-0.3, -0.25) is 9.59 Å². The minimum Gasteiger partial charge on any atom is -0.466 e. The molecule has 2 atom stereocenters. The van der Waals surface area contributed by atoms with Crippen molar-refractivity contribution in [3.63, 3.8) is 0 Å². The lowest BCUT2D eigenvalue weighted by Gasteiger charge is -2.20. The van der Waals surface area contributed by atoms with Crippen LogP contribution in [0, 0.1) is 0 Å². The molecule has 57 heavy (non-hydrogen) atoms. The molecule has 0 aliphatic heterocycles. The van der Waals surface area contributed by atoms with Crippen molar-refractivity contribution in [1.82, 2.24) is 5.32 Å². The van der Waals surface area contributed by atoms with Crippen molar-refractivity contribution >= 4 is 11.9 Å². The molecule has 0 radical (unpaired) electrons. The van der Waals surface area contributed by atoms with Gasteiger partial charge >= 0.3 is 5.97 Å². The van der Waals surface area contributed by atoms with Crippen LogP contribution in [0.25, 0.3) is 0 Å². The molecule has 0 aromatic carbocycles. The summed E-state index contributed by atoms with van der Waals surface area (Å²) in [5.41, 5.74) is 0. The van der Waals surface area contributed by atoms with E-state index in [9.17, 15) is 19.8 Å². The fourth-order valence-corrected chi connectivity index (χ4v) is 7.87. The van der Waals surface area contributed by atoms with Gasteiger partial charge in [0.2, 0.25) is 5.91 Å². The summed E-state index contributed by atoms with van der Waals surface area (Å²) < 4.78 is 5.43. The molecule has 0 aromatic heterocycles. The molecule has 0 bridgehead atoms. The van der Waals surface area contributed by atoms with Gasteiger partial charge in [0.15, 0.2) is 0 Å². The van der Waals surface area contributed by atoms with Crippen molar-refractivity contribution in [3.8, 4) is 0 Å². The van der Waals surface area contributed by atoms with Crippen LogP contribution in [0.3, 0.4) is 0 Å². The Hall–Kier alpha value is -1.40. The lowest BCUT2D eigenvalue weighted by Crippen LogP contribution is -2.45. The van der Waals surface area contributed by atoms with Gasteiger partial charge < -0.3 is 20.3 Å². The molecule has 2 unspecified atom stereocenters. The largest absolute Gasteiger partial charge is 0.466 e. The van der Waals surface area contributed by atoms with Crippen LogP contribution in [0.5, 0.6) is 0 Å². The number of unbranched alkanes of at least 4 members (excludes halogenated alkanes) is 36. The minimum atomic E-state index is -0.860. The smallest absolute Gasteiger partial charge is 0.305 e. The van der Waals surface area contributed by atoms with Crippen molar-refractivity contribution in [2.75, 3.05) is 13.2 Å². The van der Waals surface area contributed by atoms with Gasteiger partial charge in [-0.15, -0.1) is 0 Å². The molecular formula is C51H99NO5. The molecular weight excluding hydrogens is 707 g/mol. The van der Waals surface area contributed by atoms with Crippen LogP contribution >= 0.6 is 0 Å². The Bertz CT molecular complexity index is 847. The van der Waals surface area contributed by atoms with E-state index in [1.165, 1.54) is 193 Å². The van der Waals surface area contributed by atoms with E-state index < -0.39 is 12.1 Å². The highest BCUT2D eigenvalue weighted by atomic mass is 16.5. The molecule has 0 aliphatic carbocycles. The highest BCUT2D eigenvalue weighted by Crippen LogP contribution is 2.16. The maximum atomic E-state index is 12.4. The van der Waals surface area contributed by atoms with E-state index in [0.717, 1.165) is 57.8 Å². The summed E-state index contributed by atoms with van der Waals surface area (Å²) in [6.07, 6.45) is 53.5. The topological polar surface area (TPSA) is 95.9 Å². The Balaban J connectivity index is 3.53. The van der Waals surface area contributed by atoms with Crippen LogP contribution in [0.2, 0.25) is 0 Å². The van der Waals surface area contributed by atoms with Crippen LogP contribution in [0.15, 0.2) is 12.2 Å². The molecule has 0 heterocycles. The average molecular weight is 806 g/mol. The molecule has 338 valence electrons. The summed E-state index contributed by atoms with van der Waals surface area (Å²) in [6.45, 7) is 4.84. The molecule has 0 aromatic rings. The fourth-order valence-electron chi connectivity index (χ4n) is 7.87. The molecule has 6 heteroatoms. The van der Waals surface area contributed by atoms with E-state index in [1.807, 2.05) is 6.08 Å². The lowest BCUT2D eigenvalue weighted by atomic mass is 10.0. The molecule has 1 amide bonds. The first-order valence-electron chi connectivity index (χ1n) is 25.5. The minimum absolute atomic E-state index is 0.0271. The van der Waals surface area contributed by atoms with E-state index in [4.69, 9.17) is 4.74 Å². The highest BCUT2D eigenvalue weighted by molar-refractivity contribution is 5.76. The molecule has 0 rings (SSSR count). The third kappa shape index (κ3) is 44.0. The summed E-state index contributed by atoms with van der Waals surface area (Å²) in [7, 11) is 0. The maximum Gasteiger partial charge on any atom is 0.305 e. The summed E-state index contributed by atoms with van der Waals surface area (Å²) in [4.78, 5) is 24.4. The standard InChI is InChI=1S/C51H99NO5/c1-3-5-7-9-11-13-15-16-17-18-19-20-21-22-23-25-27-31-35-39-43-49(54)48(47-53)52-50(55)44-40-36-32-28-26-30-34-38-42-46-57-51(56)45-41-37-33-29-24-14-12-10-8-6-4-2/h39,43,48-49,53-54H,3-38,40-42,44-47H2,1-2H3,(H,52,55)/b43-39+. The molecule has 6 nitrogen and oxygen atoms in total. The number of allylic oxidation sites excluding steroid dienone is 1. The Morgan fingerprint density at radius 1 is 0.474 bits per heavy atom. The number of esters is 1. The van der Waals surface area contributed by atoms with Gasteiger partial charge in [-0.05, 0) is 32.1 Å². The third-order valence-electron chi connectivity index (χ3n) is 11.8. The number of aliphatic hydroxyl groups is 2. The number of nitrogens with one attached hydrogen (secondary N) is 1. The average Bonchev–Trinajstić information content (AvgIpc) is 3.21. The van der Waals surface area contributed by atoms with E-state index in [0.29, 0.717) is 19.4 Å². The van der Waals surface area contributed by atoms with Crippen molar-refractivity contribution in [2.45, 2.75) is 289 Å². The number of ether oxygens (including phenoxy) is 1. The summed E-state index contributed by atoms with van der Waals surface area (Å²) >= 11 is 0. The van der Waals surface area contributed by atoms with Crippen LogP contribution in [0.1, 0.15) is 277 Å². The van der Waals surface area contributed by atoms with Gasteiger partial charge in [-0.2, -0.15) is 0 Å². The monoisotopic (exact) mass is 806 g/mol. The van der Waals surface area contributed by atoms with Crippen molar-refractivity contribution < 1.29 is 24.5 Å². The fraction of sp³-hybridized carbons (Fsp3) is 0.922. The van der Waals surface area contributed by atoms with Gasteiger partial charge in [0.1, 0.15) is 0 Å². The van der Waals surface area contributed by atoms with Gasteiger partial charge in [-0.1, -0.05) is 244 Å². The number of aliphatic hydroxyl groups excluding tert-OH is 2. The van der Waals surface area contributed by atoms with Gasteiger partial charge in [-0.25, -0.2) is 0 Å². The van der Waals surface area contributed by atoms with Crippen molar-refractivity contribution in [2.24, 2.45) is 0 Å². The van der Waals surface area contributed by atoms with E-state index in [2.05, 4.69) is 19.2 Å². The number of carbonyl (C=O) groups is 2. The lowest BCUT2D eigenvalue weighted by molar-refractivity contribution is -0.143. The Labute approximate surface area is 355 Å². The Kier molecular flexibility index (Phi) is 46.1. The van der Waals surface area contributed by atoms with Crippen LogP contribution in [-0.2, 0) is 14.3 Å². The SMILES string of the molecule is CCCCCCCCCCCCCCCCCCCC/C=C/C(O)C(CO)NC(=O)CCCCCCCCCCCOC(=O)CCCCCCCCCCCCC. The Morgan fingerprint density at radius 2 is 0.807 bits per heavy atom. The predicted octanol–water partition coefficient (Wildman–Crippen LogP) is 15.0. The summed E-state index contributed by atoms with van der Waals surface area (Å²) in [6, 6.07) is -0.646. The van der Waals surface area contributed by atoms with E-state index in [-0.39, 0.29) is 18.5 Å². The molecule has 0 aliphatic rings. The zero-order chi connectivity index (χ0) is 41.5. The summed E-state index contributed by atoms with van der Waals surface area (Å²) in [5, 5.41) is 23.1. The third-order valence-corrected chi connectivity index (χ3v) is 11.8. The summed E-state index contributed by atoms with van der Waals surface area (Å²) in [5.74, 6) is -0.120. The predicted molar refractivity (Wildman–Crippen MR) is 246 cm³/mol. The van der Waals surface area contributed by atoms with Crippen LogP contribution < -0.4 is 5.32 Å². The second-order valence-electron chi connectivity index (χ2n) is 17.5. The van der Waals surface area contributed by atoms with Crippen molar-refractivity contribution in [1.29, 1.82) is 0 Å². The molecule has 0 saturated heterocycles. The van der Waals surface area contributed by atoms with E-state index >= 15 is 0 Å². The van der Waals surface area contributed by atoms with Gasteiger partial charge in [0, 0.05) is 12.8 Å². The highest BCUT2D eigenvalue weighted by Gasteiger charge is 2.18. The van der Waals surface area contributed by atoms with Crippen molar-refractivity contribution in [3.05, 3.63) is 12.2 Å². The zero-order valence-electron chi connectivity index (χ0n) is 38.3. The quantitative estimate of drug-likeness (QED) is 0.0323. The first kappa shape index (κ1) is 55.6. The maximum absolute atomic E-state index is 12.4. The second-order valence-corrected chi connectivity index (χ2v) is 17.5. The first-order valence-corrected chi connectivity index (χ1v) is 25.5. The van der Waals surface area contributed by atoms with Gasteiger partial charge in [0.05, 0.1) is 25.4 Å². The van der Waals surface area contributed by atoms with Crippen LogP contribution in [0.4, 0.5) is 0 Å². The second kappa shape index (κ2) is 47.3. The van der Waals surface area contributed by atoms with Crippen LogP contribution in [-0.4, -0.2) is 47.4 Å². The molecule has 0 fully saturated rings. The van der Waals surface area contributed by atoms with E-state index in [1.54, 1.807) is 6.08 Å². The Morgan fingerprint density at radius 3 is 1.19 bits per heavy atom. The number of rotatable bonds is 47. The van der Waals surface area contributed by atoms with Gasteiger partial charge in [0.25, 0.3) is 0 Å². The number of hydrogen-bond acceptors (Lipinski definition) is 5. The first-order chi connectivity index (χ1) is 28.0. The number of carbonyl (C=O) groups excluding carboxylic acids is 2. The molecule has 3 N–H and O–H groups in total. The zero-order valence-corrected chi connectivity index (χ0v) is 38.3. The molecule has 0 saturated carbocycles. The number of hydrogen-bond donors (Lipinski definition) is 3. The number of amides is 1.